The number of amides is 1. The van der Waals surface area contributed by atoms with Gasteiger partial charge < -0.3 is 9.47 Å². The summed E-state index contributed by atoms with van der Waals surface area (Å²) in [7, 11) is 0. The molecule has 0 aliphatic carbocycles. The van der Waals surface area contributed by atoms with Gasteiger partial charge in [0.2, 0.25) is 5.91 Å². The maximum absolute atomic E-state index is 13.5. The zero-order chi connectivity index (χ0) is 19.8. The number of rotatable bonds is 2. The van der Waals surface area contributed by atoms with Crippen molar-refractivity contribution >= 4 is 34.8 Å². The minimum atomic E-state index is -0.880. The highest BCUT2D eigenvalue weighted by Gasteiger charge is 2.77. The van der Waals surface area contributed by atoms with Crippen LogP contribution in [0.1, 0.15) is 25.3 Å². The van der Waals surface area contributed by atoms with Gasteiger partial charge in [-0.1, -0.05) is 28.3 Å². The number of nitrogens with zero attached hydrogens (tertiary/aromatic N) is 5. The average Bonchev–Trinajstić information content (AvgIpc) is 3.19. The first-order chi connectivity index (χ1) is 13.4. The van der Waals surface area contributed by atoms with Crippen LogP contribution in [-0.2, 0) is 14.3 Å². The summed E-state index contributed by atoms with van der Waals surface area (Å²) in [5, 5.41) is 13.5. The van der Waals surface area contributed by atoms with E-state index in [2.05, 4.69) is 10.0 Å². The second kappa shape index (κ2) is 5.76. The highest BCUT2D eigenvalue weighted by molar-refractivity contribution is 6.37. The fourth-order valence-corrected chi connectivity index (χ4v) is 6.18. The Kier molecular flexibility index (Phi) is 3.71. The quantitative estimate of drug-likeness (QED) is 0.412. The molecule has 0 aromatic heterocycles. The van der Waals surface area contributed by atoms with Gasteiger partial charge in [0.1, 0.15) is 12.3 Å². The summed E-state index contributed by atoms with van der Waals surface area (Å²) in [6.07, 6.45) is 0.707. The van der Waals surface area contributed by atoms with E-state index in [0.717, 1.165) is 0 Å². The Bertz CT molecular complexity index is 982. The molecule has 4 aliphatic heterocycles. The van der Waals surface area contributed by atoms with Gasteiger partial charge in [-0.05, 0) is 31.0 Å². The van der Waals surface area contributed by atoms with Crippen LogP contribution in [0, 0.1) is 23.2 Å². The first-order valence-corrected chi connectivity index (χ1v) is 9.70. The number of carbonyl (C=O) groups is 1. The van der Waals surface area contributed by atoms with E-state index in [1.165, 1.54) is 0 Å². The third-order valence-corrected chi connectivity index (χ3v) is 7.29. The molecular weight excluding hydrogens is 405 g/mol. The van der Waals surface area contributed by atoms with Gasteiger partial charge in [-0.3, -0.25) is 9.69 Å². The lowest BCUT2D eigenvalue weighted by molar-refractivity contribution is -0.139. The molecular formula is C18H15Cl2N5O3. The molecule has 4 aliphatic rings. The van der Waals surface area contributed by atoms with Gasteiger partial charge in [-0.15, -0.1) is 0 Å². The summed E-state index contributed by atoms with van der Waals surface area (Å²) in [6.45, 7) is 2.27. The van der Waals surface area contributed by atoms with Crippen LogP contribution in [0.5, 0.6) is 0 Å². The number of carbonyl (C=O) groups excluding carboxylic acids is 1. The van der Waals surface area contributed by atoms with Crippen LogP contribution in [-0.4, -0.2) is 36.0 Å². The molecule has 2 bridgehead atoms. The van der Waals surface area contributed by atoms with Crippen LogP contribution in [0.15, 0.2) is 17.2 Å². The van der Waals surface area contributed by atoms with Gasteiger partial charge in [0, 0.05) is 22.9 Å². The smallest absolute Gasteiger partial charge is 0.235 e. The summed E-state index contributed by atoms with van der Waals surface area (Å²) in [5.74, 6) is -0.830. The molecule has 4 saturated heterocycles. The zero-order valence-electron chi connectivity index (χ0n) is 14.8. The first kappa shape index (κ1) is 18.0. The number of benzene rings is 1. The standard InChI is InChI=1S/C18H15Cl2N5O3/c1-17-12(23-24-22)6-18(28-17)2-3-27-16-14(18)13(17)15(26)25(16)8-4-10(19)9(7-21)11(20)5-8/h4-5,12-14,16H,2-3,6H2,1H3/t12-,13-,14+,16+,17-,18+/m1/s1. The molecule has 5 rings (SSSR count). The summed E-state index contributed by atoms with van der Waals surface area (Å²) >= 11 is 12.4. The molecule has 6 atom stereocenters. The molecule has 0 saturated carbocycles. The molecule has 0 radical (unpaired) electrons. The zero-order valence-corrected chi connectivity index (χ0v) is 16.3. The Labute approximate surface area is 170 Å². The summed E-state index contributed by atoms with van der Waals surface area (Å²) < 4.78 is 12.4. The van der Waals surface area contributed by atoms with E-state index >= 15 is 0 Å². The third-order valence-electron chi connectivity index (χ3n) is 6.69. The molecule has 1 aromatic carbocycles. The van der Waals surface area contributed by atoms with E-state index in [0.29, 0.717) is 25.1 Å². The van der Waals surface area contributed by atoms with Gasteiger partial charge in [0.05, 0.1) is 45.4 Å². The maximum Gasteiger partial charge on any atom is 0.235 e. The average molecular weight is 420 g/mol. The number of anilines is 1. The molecule has 4 heterocycles. The predicted octanol–water partition coefficient (Wildman–Crippen LogP) is 3.80. The lowest BCUT2D eigenvalue weighted by Crippen LogP contribution is -2.52. The Morgan fingerprint density at radius 3 is 2.79 bits per heavy atom. The van der Waals surface area contributed by atoms with E-state index in [1.807, 2.05) is 13.0 Å². The fourth-order valence-electron chi connectivity index (χ4n) is 5.62. The molecule has 28 heavy (non-hydrogen) atoms. The number of fused-ring (bicyclic) bond motifs is 2. The Hall–Kier alpha value is -2.01. The SMILES string of the molecule is C[C@]12O[C@@]3(CCO[C@H]4[C@@H]3[C@@H]1C(=O)N4c1cc(Cl)c(C#N)c(Cl)c1)C[C@H]2N=[N+]=[N-]. The van der Waals surface area contributed by atoms with E-state index in [-0.39, 0.29) is 27.4 Å². The minimum absolute atomic E-state index is 0.166. The third kappa shape index (κ3) is 2.03. The lowest BCUT2D eigenvalue weighted by atomic mass is 9.64. The number of halogens is 2. The van der Waals surface area contributed by atoms with E-state index in [9.17, 15) is 10.1 Å². The monoisotopic (exact) mass is 419 g/mol. The van der Waals surface area contributed by atoms with Crippen molar-refractivity contribution in [2.24, 2.45) is 17.0 Å². The molecule has 0 unspecified atom stereocenters. The number of hydrogen-bond acceptors (Lipinski definition) is 5. The summed E-state index contributed by atoms with van der Waals surface area (Å²) in [6, 6.07) is 4.67. The molecule has 1 amide bonds. The van der Waals surface area contributed by atoms with Crippen molar-refractivity contribution in [1.82, 2.24) is 0 Å². The molecule has 4 fully saturated rings. The minimum Gasteiger partial charge on any atom is -0.367 e. The van der Waals surface area contributed by atoms with Crippen molar-refractivity contribution in [2.45, 2.75) is 43.2 Å². The number of nitriles is 1. The van der Waals surface area contributed by atoms with Crippen LogP contribution in [0.3, 0.4) is 0 Å². The van der Waals surface area contributed by atoms with Crippen molar-refractivity contribution < 1.29 is 14.3 Å². The van der Waals surface area contributed by atoms with Gasteiger partial charge in [-0.25, -0.2) is 0 Å². The van der Waals surface area contributed by atoms with E-state index < -0.39 is 29.4 Å². The second-order valence-electron chi connectivity index (χ2n) is 7.89. The van der Waals surface area contributed by atoms with Gasteiger partial charge in [0.15, 0.2) is 0 Å². The molecule has 1 aromatic rings. The topological polar surface area (TPSA) is 111 Å². The Balaban J connectivity index is 1.63. The van der Waals surface area contributed by atoms with Gasteiger partial charge in [0.25, 0.3) is 0 Å². The van der Waals surface area contributed by atoms with E-state index in [1.54, 1.807) is 17.0 Å². The number of azide groups is 1. The van der Waals surface area contributed by atoms with Crippen LogP contribution in [0.25, 0.3) is 10.4 Å². The van der Waals surface area contributed by atoms with Gasteiger partial charge in [-0.2, -0.15) is 5.26 Å². The molecule has 144 valence electrons. The Morgan fingerprint density at radius 2 is 2.14 bits per heavy atom. The van der Waals surface area contributed by atoms with Crippen molar-refractivity contribution in [3.05, 3.63) is 38.2 Å². The maximum atomic E-state index is 13.5. The summed E-state index contributed by atoms with van der Waals surface area (Å²) in [4.78, 5) is 18.1. The van der Waals surface area contributed by atoms with Crippen LogP contribution in [0.4, 0.5) is 5.69 Å². The predicted molar refractivity (Wildman–Crippen MR) is 99.8 cm³/mol. The number of hydrogen-bond donors (Lipinski definition) is 0. The molecule has 8 nitrogen and oxygen atoms in total. The van der Waals surface area contributed by atoms with Gasteiger partial charge >= 0.3 is 0 Å². The van der Waals surface area contributed by atoms with Crippen molar-refractivity contribution in [3.63, 3.8) is 0 Å². The number of ether oxygens (including phenoxy) is 2. The van der Waals surface area contributed by atoms with Crippen LogP contribution >= 0.6 is 23.2 Å². The van der Waals surface area contributed by atoms with E-state index in [4.69, 9.17) is 38.2 Å². The molecule has 1 spiro atoms. The highest BCUT2D eigenvalue weighted by atomic mass is 35.5. The van der Waals surface area contributed by atoms with Crippen molar-refractivity contribution in [1.29, 1.82) is 5.26 Å². The fraction of sp³-hybridized carbons (Fsp3) is 0.556. The van der Waals surface area contributed by atoms with Crippen molar-refractivity contribution in [2.75, 3.05) is 11.5 Å². The summed E-state index contributed by atoms with van der Waals surface area (Å²) in [5.41, 5.74) is 8.19. The first-order valence-electron chi connectivity index (χ1n) is 8.94. The lowest BCUT2D eigenvalue weighted by Gasteiger charge is -2.42. The second-order valence-corrected chi connectivity index (χ2v) is 8.71. The van der Waals surface area contributed by atoms with Crippen molar-refractivity contribution in [3.8, 4) is 6.07 Å². The van der Waals surface area contributed by atoms with Crippen LogP contribution < -0.4 is 4.90 Å². The normalized spacial score (nSPS) is 40.2. The molecule has 0 N–H and O–H groups in total. The Morgan fingerprint density at radius 1 is 1.43 bits per heavy atom. The highest BCUT2D eigenvalue weighted by Crippen LogP contribution is 2.66. The largest absolute Gasteiger partial charge is 0.367 e. The van der Waals surface area contributed by atoms with Crippen LogP contribution in [0.2, 0.25) is 10.0 Å². The molecule has 10 heteroatoms.